The summed E-state index contributed by atoms with van der Waals surface area (Å²) in [5.41, 5.74) is 1.33. The van der Waals surface area contributed by atoms with Crippen LogP contribution in [0, 0.1) is 4.77 Å². The van der Waals surface area contributed by atoms with E-state index >= 15 is 0 Å². The fourth-order valence-electron chi connectivity index (χ4n) is 2.79. The van der Waals surface area contributed by atoms with E-state index in [0.717, 1.165) is 0 Å². The van der Waals surface area contributed by atoms with Crippen LogP contribution in [0.2, 0.25) is 10.0 Å². The van der Waals surface area contributed by atoms with Gasteiger partial charge in [-0.1, -0.05) is 41.4 Å². The Morgan fingerprint density at radius 2 is 1.83 bits per heavy atom. The molecule has 30 heavy (non-hydrogen) atoms. The van der Waals surface area contributed by atoms with Crippen molar-refractivity contribution in [1.29, 1.82) is 0 Å². The zero-order chi connectivity index (χ0) is 21.3. The lowest BCUT2D eigenvalue weighted by Gasteiger charge is -2.09. The van der Waals surface area contributed by atoms with Crippen LogP contribution in [0.25, 0.3) is 22.9 Å². The zero-order valence-electron chi connectivity index (χ0n) is 15.1. The van der Waals surface area contributed by atoms with Crippen LogP contribution in [0.4, 0.5) is 0 Å². The van der Waals surface area contributed by atoms with E-state index < -0.39 is 5.56 Å². The number of hydrogen-bond acceptors (Lipinski definition) is 4. The summed E-state index contributed by atoms with van der Waals surface area (Å²) in [5.74, 6) is -0.116. The van der Waals surface area contributed by atoms with Gasteiger partial charge < -0.3 is 15.3 Å². The Kier molecular flexibility index (Phi) is 5.54. The molecule has 0 aliphatic carbocycles. The summed E-state index contributed by atoms with van der Waals surface area (Å²) in [6.45, 7) is 0. The molecule has 150 valence electrons. The van der Waals surface area contributed by atoms with Crippen LogP contribution < -0.4 is 10.9 Å². The van der Waals surface area contributed by atoms with Crippen LogP contribution >= 0.6 is 35.4 Å². The molecule has 0 saturated carbocycles. The maximum absolute atomic E-state index is 12.8. The molecule has 4 rings (SSSR count). The number of H-pyrrole nitrogens is 3. The van der Waals surface area contributed by atoms with E-state index in [1.54, 1.807) is 48.5 Å². The molecule has 4 aromatic rings. The number of imidazole rings is 1. The molecule has 0 unspecified atom stereocenters. The van der Waals surface area contributed by atoms with Gasteiger partial charge >= 0.3 is 0 Å². The van der Waals surface area contributed by atoms with Gasteiger partial charge in [-0.3, -0.25) is 14.6 Å². The van der Waals surface area contributed by atoms with E-state index in [1.165, 1.54) is 0 Å². The molecule has 7 nitrogen and oxygen atoms in total. The molecule has 0 aliphatic rings. The summed E-state index contributed by atoms with van der Waals surface area (Å²) in [4.78, 5) is 37.5. The first-order chi connectivity index (χ1) is 14.4. The lowest BCUT2D eigenvalue weighted by Crippen LogP contribution is -2.22. The Morgan fingerprint density at radius 1 is 1.07 bits per heavy atom. The lowest BCUT2D eigenvalue weighted by atomic mass is 10.1. The molecule has 0 saturated heterocycles. The van der Waals surface area contributed by atoms with Crippen LogP contribution in [0.1, 0.15) is 21.7 Å². The van der Waals surface area contributed by atoms with Gasteiger partial charge in [0, 0.05) is 15.6 Å². The highest BCUT2D eigenvalue weighted by molar-refractivity contribution is 7.71. The molecule has 2 aromatic carbocycles. The van der Waals surface area contributed by atoms with Crippen molar-refractivity contribution in [3.63, 3.8) is 0 Å². The predicted molar refractivity (Wildman–Crippen MR) is 120 cm³/mol. The van der Waals surface area contributed by atoms with Crippen molar-refractivity contribution in [2.75, 3.05) is 0 Å². The van der Waals surface area contributed by atoms with Crippen LogP contribution in [0.15, 0.2) is 53.3 Å². The highest BCUT2D eigenvalue weighted by Gasteiger charge is 2.15. The van der Waals surface area contributed by atoms with Gasteiger partial charge in [0.25, 0.3) is 11.5 Å². The monoisotopic (exact) mass is 457 g/mol. The summed E-state index contributed by atoms with van der Waals surface area (Å²) in [6, 6.07) is 13.6. The number of aromatic amines is 3. The van der Waals surface area contributed by atoms with E-state index in [1.807, 2.05) is 6.07 Å². The third-order valence-corrected chi connectivity index (χ3v) is 4.97. The number of benzene rings is 2. The smallest absolute Gasteiger partial charge is 0.277 e. The average Bonchev–Trinajstić information content (AvgIpc) is 3.15. The highest BCUT2D eigenvalue weighted by atomic mass is 35.5. The molecule has 0 radical (unpaired) electrons. The fraction of sp³-hybridized carbons (Fsp3) is 0. The third kappa shape index (κ3) is 4.20. The Labute approximate surface area is 184 Å². The molecule has 0 bridgehead atoms. The van der Waals surface area contributed by atoms with Gasteiger partial charge in [-0.15, -0.1) is 0 Å². The number of carbonyl (C=O) groups is 1. The average molecular weight is 458 g/mol. The number of halogens is 2. The van der Waals surface area contributed by atoms with E-state index in [9.17, 15) is 9.59 Å². The summed E-state index contributed by atoms with van der Waals surface area (Å²) >= 11 is 17.4. The van der Waals surface area contributed by atoms with Crippen molar-refractivity contribution in [2.24, 2.45) is 0 Å². The molecular formula is C20H13Cl2N5O2S. The Morgan fingerprint density at radius 3 is 2.60 bits per heavy atom. The van der Waals surface area contributed by atoms with E-state index in [-0.39, 0.29) is 27.7 Å². The number of aromatic nitrogens is 4. The molecule has 0 fully saturated rings. The minimum atomic E-state index is -0.429. The first kappa shape index (κ1) is 20.1. The summed E-state index contributed by atoms with van der Waals surface area (Å²) in [6.07, 6.45) is 1.62. The first-order valence-electron chi connectivity index (χ1n) is 8.66. The van der Waals surface area contributed by atoms with Crippen molar-refractivity contribution >= 4 is 64.3 Å². The van der Waals surface area contributed by atoms with E-state index in [0.29, 0.717) is 26.9 Å². The molecule has 1 amide bonds. The Bertz CT molecular complexity index is 1410. The first-order valence-corrected chi connectivity index (χ1v) is 9.83. The Balaban J connectivity index is 1.85. The van der Waals surface area contributed by atoms with Crippen LogP contribution in [-0.4, -0.2) is 25.8 Å². The van der Waals surface area contributed by atoms with Crippen LogP contribution in [-0.2, 0) is 0 Å². The maximum Gasteiger partial charge on any atom is 0.277 e. The van der Waals surface area contributed by atoms with Gasteiger partial charge in [0.1, 0.15) is 5.52 Å². The fourth-order valence-corrected chi connectivity index (χ4v) is 3.33. The molecule has 10 heteroatoms. The Hall–Kier alpha value is -3.20. The molecular weight excluding hydrogens is 445 g/mol. The second-order valence-electron chi connectivity index (χ2n) is 6.26. The van der Waals surface area contributed by atoms with Crippen molar-refractivity contribution in [2.45, 2.75) is 0 Å². The van der Waals surface area contributed by atoms with Crippen molar-refractivity contribution in [3.05, 3.63) is 90.7 Å². The second-order valence-corrected chi connectivity index (χ2v) is 7.51. The van der Waals surface area contributed by atoms with Gasteiger partial charge in [-0.05, 0) is 54.2 Å². The number of carbonyl (C=O) groups excluding carboxylic acids is 1. The molecule has 4 N–H and O–H groups in total. The van der Waals surface area contributed by atoms with Gasteiger partial charge in [-0.2, -0.15) is 0 Å². The second kappa shape index (κ2) is 8.27. The van der Waals surface area contributed by atoms with Crippen molar-refractivity contribution < 1.29 is 4.79 Å². The maximum atomic E-state index is 12.8. The van der Waals surface area contributed by atoms with Gasteiger partial charge in [0.15, 0.2) is 16.2 Å². The highest BCUT2D eigenvalue weighted by Crippen LogP contribution is 2.25. The minimum Gasteiger partial charge on any atom is -0.331 e. The number of nitrogens with one attached hydrogen (secondary N) is 4. The topological polar surface area (TPSA) is 106 Å². The minimum absolute atomic E-state index is 0.141. The number of fused-ring (bicyclic) bond motifs is 1. The lowest BCUT2D eigenvalue weighted by molar-refractivity contribution is 0.0973. The molecule has 0 spiro atoms. The normalized spacial score (nSPS) is 11.6. The van der Waals surface area contributed by atoms with E-state index in [2.05, 4.69) is 25.3 Å². The standard InChI is InChI=1S/C20H13Cl2N5O2S/c21-12-6-7-13(22)11(8-12)9-14(23-18(28)10-4-2-1-3-5-10)16-24-15-17(25-16)26-20(30)27-19(15)29/h1-9H,(H,23,28)(H3,24,25,26,27,29,30)/b14-9+. The number of nitrogens with zero attached hydrogens (tertiary/aromatic N) is 1. The van der Waals surface area contributed by atoms with Gasteiger partial charge in [-0.25, -0.2) is 4.98 Å². The quantitative estimate of drug-likeness (QED) is 0.337. The van der Waals surface area contributed by atoms with Crippen molar-refractivity contribution in [3.8, 4) is 0 Å². The summed E-state index contributed by atoms with van der Waals surface area (Å²) in [5, 5.41) is 3.72. The largest absolute Gasteiger partial charge is 0.331 e. The SMILES string of the molecule is O=C(N/C(=C/c1cc(Cl)ccc1Cl)c1nc2[nH]c(=S)[nH]c(=O)c2[nH]1)c1ccccc1. The van der Waals surface area contributed by atoms with Gasteiger partial charge in [0.2, 0.25) is 0 Å². The number of hydrogen-bond donors (Lipinski definition) is 4. The van der Waals surface area contributed by atoms with Crippen LogP contribution in [0.3, 0.4) is 0 Å². The van der Waals surface area contributed by atoms with Crippen molar-refractivity contribution in [1.82, 2.24) is 25.3 Å². The van der Waals surface area contributed by atoms with Crippen LogP contribution in [0.5, 0.6) is 0 Å². The molecule has 2 aromatic heterocycles. The third-order valence-electron chi connectivity index (χ3n) is 4.19. The number of amides is 1. The predicted octanol–water partition coefficient (Wildman–Crippen LogP) is 4.54. The molecule has 2 heterocycles. The van der Waals surface area contributed by atoms with Gasteiger partial charge in [0.05, 0.1) is 5.70 Å². The van der Waals surface area contributed by atoms with E-state index in [4.69, 9.17) is 35.4 Å². The molecule has 0 aliphatic heterocycles. The summed E-state index contributed by atoms with van der Waals surface area (Å²) < 4.78 is 0.141. The zero-order valence-corrected chi connectivity index (χ0v) is 17.5. The number of rotatable bonds is 4. The molecule has 0 atom stereocenters. The summed E-state index contributed by atoms with van der Waals surface area (Å²) in [7, 11) is 0.